The van der Waals surface area contributed by atoms with E-state index in [1.165, 1.54) is 17.2 Å². The normalized spacial score (nSPS) is 18.9. The van der Waals surface area contributed by atoms with Crippen molar-refractivity contribution in [2.75, 3.05) is 0 Å². The summed E-state index contributed by atoms with van der Waals surface area (Å²) in [4.78, 5) is 0. The summed E-state index contributed by atoms with van der Waals surface area (Å²) in [6.45, 7) is 0. The van der Waals surface area contributed by atoms with Crippen LogP contribution in [0.1, 0.15) is 22.6 Å². The SMILES string of the molecule is Fc1ccccc1CC(Cl)C1Cc2ccccc21. The Kier molecular flexibility index (Phi) is 3.09. The van der Waals surface area contributed by atoms with Gasteiger partial charge in [0, 0.05) is 11.3 Å². The van der Waals surface area contributed by atoms with Gasteiger partial charge in [0.2, 0.25) is 0 Å². The van der Waals surface area contributed by atoms with Crippen molar-refractivity contribution in [1.29, 1.82) is 0 Å². The highest BCUT2D eigenvalue weighted by Crippen LogP contribution is 2.40. The van der Waals surface area contributed by atoms with Crippen molar-refractivity contribution in [3.63, 3.8) is 0 Å². The Morgan fingerprint density at radius 2 is 1.83 bits per heavy atom. The highest BCUT2D eigenvalue weighted by Gasteiger charge is 2.31. The molecule has 1 aliphatic rings. The molecule has 0 radical (unpaired) electrons. The minimum atomic E-state index is -0.157. The Bertz CT molecular complexity index is 565. The molecule has 2 atom stereocenters. The second kappa shape index (κ2) is 4.74. The van der Waals surface area contributed by atoms with E-state index < -0.39 is 0 Å². The van der Waals surface area contributed by atoms with Gasteiger partial charge in [-0.2, -0.15) is 0 Å². The Hall–Kier alpha value is -1.34. The third-order valence-corrected chi connectivity index (χ3v) is 4.16. The van der Waals surface area contributed by atoms with Crippen molar-refractivity contribution in [2.24, 2.45) is 0 Å². The van der Waals surface area contributed by atoms with Gasteiger partial charge >= 0.3 is 0 Å². The average molecular weight is 261 g/mol. The first-order chi connectivity index (χ1) is 8.75. The largest absolute Gasteiger partial charge is 0.207 e. The predicted molar refractivity (Wildman–Crippen MR) is 72.6 cm³/mol. The molecule has 0 saturated heterocycles. The van der Waals surface area contributed by atoms with E-state index in [2.05, 4.69) is 18.2 Å². The van der Waals surface area contributed by atoms with Gasteiger partial charge in [-0.3, -0.25) is 0 Å². The molecule has 3 rings (SSSR count). The first-order valence-corrected chi connectivity index (χ1v) is 6.64. The molecule has 0 aliphatic heterocycles. The zero-order valence-corrected chi connectivity index (χ0v) is 10.7. The first kappa shape index (κ1) is 11.7. The Balaban J connectivity index is 1.75. The van der Waals surface area contributed by atoms with Crippen molar-refractivity contribution >= 4 is 11.6 Å². The van der Waals surface area contributed by atoms with Gasteiger partial charge < -0.3 is 0 Å². The molecular weight excluding hydrogens is 247 g/mol. The zero-order valence-electron chi connectivity index (χ0n) is 9.94. The van der Waals surface area contributed by atoms with Crippen LogP contribution >= 0.6 is 11.6 Å². The van der Waals surface area contributed by atoms with Gasteiger partial charge in [-0.15, -0.1) is 11.6 Å². The Morgan fingerprint density at radius 3 is 2.61 bits per heavy atom. The fraction of sp³-hybridized carbons (Fsp3) is 0.250. The maximum Gasteiger partial charge on any atom is 0.126 e. The highest BCUT2D eigenvalue weighted by molar-refractivity contribution is 6.21. The van der Waals surface area contributed by atoms with Gasteiger partial charge in [0.1, 0.15) is 5.82 Å². The predicted octanol–water partition coefficient (Wildman–Crippen LogP) is 4.32. The van der Waals surface area contributed by atoms with Gasteiger partial charge in [0.05, 0.1) is 0 Å². The van der Waals surface area contributed by atoms with Crippen LogP contribution in [0.4, 0.5) is 4.39 Å². The van der Waals surface area contributed by atoms with Crippen LogP contribution in [0.3, 0.4) is 0 Å². The van der Waals surface area contributed by atoms with Crippen molar-refractivity contribution in [2.45, 2.75) is 24.1 Å². The lowest BCUT2D eigenvalue weighted by molar-refractivity contribution is 0.549. The summed E-state index contributed by atoms with van der Waals surface area (Å²) in [6.07, 6.45) is 1.60. The summed E-state index contributed by atoms with van der Waals surface area (Å²) in [5, 5.41) is -0.0307. The molecule has 0 amide bonds. The summed E-state index contributed by atoms with van der Waals surface area (Å²) in [7, 11) is 0. The maximum absolute atomic E-state index is 13.6. The second-order valence-corrected chi connectivity index (χ2v) is 5.38. The molecule has 18 heavy (non-hydrogen) atoms. The molecule has 2 unspecified atom stereocenters. The van der Waals surface area contributed by atoms with E-state index in [-0.39, 0.29) is 11.2 Å². The van der Waals surface area contributed by atoms with Crippen molar-refractivity contribution in [1.82, 2.24) is 0 Å². The van der Waals surface area contributed by atoms with Crippen molar-refractivity contribution in [3.8, 4) is 0 Å². The summed E-state index contributed by atoms with van der Waals surface area (Å²) in [5.41, 5.74) is 3.41. The molecule has 0 aromatic heterocycles. The van der Waals surface area contributed by atoms with Gasteiger partial charge in [0.25, 0.3) is 0 Å². The minimum absolute atomic E-state index is 0.0307. The lowest BCUT2D eigenvalue weighted by Gasteiger charge is -2.33. The van der Waals surface area contributed by atoms with Crippen LogP contribution in [0.15, 0.2) is 48.5 Å². The highest BCUT2D eigenvalue weighted by atomic mass is 35.5. The average Bonchev–Trinajstić information content (AvgIpc) is 2.34. The van der Waals surface area contributed by atoms with Crippen LogP contribution in [0.25, 0.3) is 0 Å². The number of alkyl halides is 1. The monoisotopic (exact) mass is 260 g/mol. The van der Waals surface area contributed by atoms with Crippen molar-refractivity contribution in [3.05, 3.63) is 71.0 Å². The lowest BCUT2D eigenvalue weighted by atomic mass is 9.74. The molecule has 0 fully saturated rings. The molecule has 0 N–H and O–H groups in total. The summed E-state index contributed by atoms with van der Waals surface area (Å²) in [6, 6.07) is 15.2. The van der Waals surface area contributed by atoms with Crippen LogP contribution in [-0.2, 0) is 12.8 Å². The van der Waals surface area contributed by atoms with Gasteiger partial charge in [0.15, 0.2) is 0 Å². The molecule has 1 aliphatic carbocycles. The fourth-order valence-electron chi connectivity index (χ4n) is 2.64. The first-order valence-electron chi connectivity index (χ1n) is 6.21. The summed E-state index contributed by atoms with van der Waals surface area (Å²) in [5.74, 6) is 0.207. The van der Waals surface area contributed by atoms with E-state index in [0.717, 1.165) is 6.42 Å². The van der Waals surface area contributed by atoms with Crippen LogP contribution < -0.4 is 0 Å². The maximum atomic E-state index is 13.6. The van der Waals surface area contributed by atoms with Crippen LogP contribution in [0, 0.1) is 5.82 Å². The standard InChI is InChI=1S/C16H14ClF/c17-15(10-12-6-2-4-8-16(12)18)14-9-11-5-1-3-7-13(11)14/h1-8,14-15H,9-10H2. The Labute approximate surface area is 111 Å². The molecule has 0 saturated carbocycles. The third-order valence-electron chi connectivity index (χ3n) is 3.70. The van der Waals surface area contributed by atoms with Gasteiger partial charge in [-0.25, -0.2) is 4.39 Å². The molecule has 2 aromatic rings. The topological polar surface area (TPSA) is 0 Å². The minimum Gasteiger partial charge on any atom is -0.207 e. The van der Waals surface area contributed by atoms with Gasteiger partial charge in [-0.05, 0) is 35.6 Å². The Morgan fingerprint density at radius 1 is 1.11 bits per heavy atom. The third kappa shape index (κ3) is 2.04. The molecule has 2 heteroatoms. The van der Waals surface area contributed by atoms with Gasteiger partial charge in [-0.1, -0.05) is 42.5 Å². The molecule has 2 aromatic carbocycles. The number of halogens is 2. The van der Waals surface area contributed by atoms with Crippen LogP contribution in [0.5, 0.6) is 0 Å². The molecule has 0 nitrogen and oxygen atoms in total. The molecule has 0 heterocycles. The van der Waals surface area contributed by atoms with E-state index >= 15 is 0 Å². The van der Waals surface area contributed by atoms with E-state index in [4.69, 9.17) is 11.6 Å². The number of hydrogen-bond acceptors (Lipinski definition) is 0. The van der Waals surface area contributed by atoms with E-state index in [9.17, 15) is 4.39 Å². The molecule has 0 bridgehead atoms. The lowest BCUT2D eigenvalue weighted by Crippen LogP contribution is -2.27. The number of benzene rings is 2. The van der Waals surface area contributed by atoms with E-state index in [1.54, 1.807) is 6.07 Å². The number of rotatable bonds is 3. The summed E-state index contributed by atoms with van der Waals surface area (Å²) >= 11 is 6.45. The second-order valence-electron chi connectivity index (χ2n) is 4.82. The van der Waals surface area contributed by atoms with Crippen LogP contribution in [0.2, 0.25) is 0 Å². The van der Waals surface area contributed by atoms with Crippen molar-refractivity contribution < 1.29 is 4.39 Å². The zero-order chi connectivity index (χ0) is 12.5. The number of fused-ring (bicyclic) bond motifs is 1. The fourth-order valence-corrected chi connectivity index (χ4v) is 3.03. The van der Waals surface area contributed by atoms with E-state index in [1.807, 2.05) is 18.2 Å². The van der Waals surface area contributed by atoms with Crippen LogP contribution in [-0.4, -0.2) is 5.38 Å². The van der Waals surface area contributed by atoms with E-state index in [0.29, 0.717) is 17.9 Å². The quantitative estimate of drug-likeness (QED) is 0.721. The molecular formula is C16H14ClF. The molecule has 0 spiro atoms. The summed E-state index contributed by atoms with van der Waals surface area (Å²) < 4.78 is 13.6. The smallest absolute Gasteiger partial charge is 0.126 e. The molecule has 92 valence electrons. The number of hydrogen-bond donors (Lipinski definition) is 0.